The van der Waals surface area contributed by atoms with Gasteiger partial charge in [0.05, 0.1) is 0 Å². The Balaban J connectivity index is 1.96. The summed E-state index contributed by atoms with van der Waals surface area (Å²) in [6.45, 7) is 10.4. The van der Waals surface area contributed by atoms with E-state index in [9.17, 15) is 9.59 Å². The SMILES string of the molecule is CC(C)[C@@H](C[Se]c1ccccc1)NC(=O)[C@@H]1CCCN1C(=O)OC(C)(C)C. The molecule has 27 heavy (non-hydrogen) atoms. The molecule has 1 saturated heterocycles. The van der Waals surface area contributed by atoms with Crippen molar-refractivity contribution in [2.45, 2.75) is 70.5 Å². The number of carbonyl (C=O) groups is 2. The fourth-order valence-corrected chi connectivity index (χ4v) is 5.46. The van der Waals surface area contributed by atoms with Crippen molar-refractivity contribution < 1.29 is 14.3 Å². The quantitative estimate of drug-likeness (QED) is 0.694. The average Bonchev–Trinajstić information content (AvgIpc) is 3.07. The zero-order chi connectivity index (χ0) is 20.0. The maximum absolute atomic E-state index is 12.9. The van der Waals surface area contributed by atoms with Crippen molar-refractivity contribution in [2.75, 3.05) is 6.54 Å². The van der Waals surface area contributed by atoms with Crippen LogP contribution in [0.25, 0.3) is 0 Å². The molecule has 2 atom stereocenters. The summed E-state index contributed by atoms with van der Waals surface area (Å²) in [6, 6.07) is 10.1. The number of hydrogen-bond donors (Lipinski definition) is 1. The van der Waals surface area contributed by atoms with Crippen molar-refractivity contribution in [2.24, 2.45) is 5.92 Å². The van der Waals surface area contributed by atoms with Gasteiger partial charge >= 0.3 is 169 Å². The first-order chi connectivity index (χ1) is 12.7. The summed E-state index contributed by atoms with van der Waals surface area (Å²) in [5.74, 6) is 0.289. The van der Waals surface area contributed by atoms with Crippen LogP contribution in [0.4, 0.5) is 4.79 Å². The second kappa shape index (κ2) is 9.61. The Morgan fingerprint density at radius 3 is 2.52 bits per heavy atom. The first-order valence-corrected chi connectivity index (χ1v) is 11.7. The summed E-state index contributed by atoms with van der Waals surface area (Å²) in [5.41, 5.74) is -0.556. The summed E-state index contributed by atoms with van der Waals surface area (Å²) < 4.78 is 6.80. The Morgan fingerprint density at radius 2 is 1.93 bits per heavy atom. The molecule has 5 nitrogen and oxygen atoms in total. The Bertz CT molecular complexity index is 628. The first kappa shape index (κ1) is 21.8. The second-order valence-corrected chi connectivity index (χ2v) is 10.6. The molecule has 2 rings (SSSR count). The van der Waals surface area contributed by atoms with Gasteiger partial charge in [0, 0.05) is 0 Å². The van der Waals surface area contributed by atoms with Crippen molar-refractivity contribution >= 4 is 31.4 Å². The normalized spacial score (nSPS) is 18.4. The van der Waals surface area contributed by atoms with E-state index in [-0.39, 0.29) is 11.9 Å². The maximum atomic E-state index is 12.9. The number of hydrogen-bond acceptors (Lipinski definition) is 3. The van der Waals surface area contributed by atoms with E-state index >= 15 is 0 Å². The monoisotopic (exact) mass is 440 g/mol. The molecule has 0 unspecified atom stereocenters. The average molecular weight is 439 g/mol. The van der Waals surface area contributed by atoms with Gasteiger partial charge in [-0.05, 0) is 0 Å². The Kier molecular flexibility index (Phi) is 7.75. The van der Waals surface area contributed by atoms with E-state index in [1.165, 1.54) is 4.46 Å². The molecule has 6 heteroatoms. The molecule has 1 fully saturated rings. The van der Waals surface area contributed by atoms with Crippen LogP contribution in [-0.4, -0.2) is 56.1 Å². The topological polar surface area (TPSA) is 58.6 Å². The van der Waals surface area contributed by atoms with Crippen LogP contribution in [-0.2, 0) is 9.53 Å². The minimum atomic E-state index is -0.556. The molecule has 1 aromatic carbocycles. The third-order valence-corrected chi connectivity index (χ3v) is 6.86. The number of nitrogens with one attached hydrogen (secondary N) is 1. The summed E-state index contributed by atoms with van der Waals surface area (Å²) in [6.07, 6.45) is 1.13. The van der Waals surface area contributed by atoms with Gasteiger partial charge in [0.25, 0.3) is 0 Å². The van der Waals surface area contributed by atoms with Crippen molar-refractivity contribution in [1.29, 1.82) is 0 Å². The zero-order valence-electron chi connectivity index (χ0n) is 17.0. The molecule has 0 saturated carbocycles. The van der Waals surface area contributed by atoms with Gasteiger partial charge in [0.1, 0.15) is 0 Å². The fraction of sp³-hybridized carbons (Fsp3) is 0.619. The van der Waals surface area contributed by atoms with E-state index < -0.39 is 17.7 Å². The van der Waals surface area contributed by atoms with Gasteiger partial charge < -0.3 is 0 Å². The van der Waals surface area contributed by atoms with Crippen LogP contribution >= 0.6 is 0 Å². The number of nitrogens with zero attached hydrogens (tertiary/aromatic N) is 1. The van der Waals surface area contributed by atoms with Gasteiger partial charge in [0.2, 0.25) is 0 Å². The predicted octanol–water partition coefficient (Wildman–Crippen LogP) is 2.97. The Labute approximate surface area is 169 Å². The number of carbonyl (C=O) groups excluding carboxylic acids is 2. The summed E-state index contributed by atoms with van der Waals surface area (Å²) in [4.78, 5) is 26.9. The summed E-state index contributed by atoms with van der Waals surface area (Å²) in [7, 11) is 0. The first-order valence-electron chi connectivity index (χ1n) is 9.65. The molecule has 150 valence electrons. The van der Waals surface area contributed by atoms with Crippen molar-refractivity contribution in [3.05, 3.63) is 30.3 Å². The third-order valence-electron chi connectivity index (χ3n) is 4.49. The van der Waals surface area contributed by atoms with Crippen LogP contribution in [0.5, 0.6) is 0 Å². The van der Waals surface area contributed by atoms with Crippen LogP contribution in [0, 0.1) is 5.92 Å². The molecule has 2 amide bonds. The van der Waals surface area contributed by atoms with E-state index in [2.05, 4.69) is 43.4 Å². The van der Waals surface area contributed by atoms with Crippen molar-refractivity contribution in [3.63, 3.8) is 0 Å². The van der Waals surface area contributed by atoms with Crippen LogP contribution in [0.1, 0.15) is 47.5 Å². The molecule has 1 aromatic rings. The van der Waals surface area contributed by atoms with Gasteiger partial charge in [-0.1, -0.05) is 0 Å². The van der Waals surface area contributed by atoms with Crippen LogP contribution in [0.3, 0.4) is 0 Å². The van der Waals surface area contributed by atoms with E-state index in [1.807, 2.05) is 26.8 Å². The molecule has 0 aliphatic carbocycles. The van der Waals surface area contributed by atoms with E-state index in [0.717, 1.165) is 11.7 Å². The number of likely N-dealkylation sites (tertiary alicyclic amines) is 1. The molecule has 1 aliphatic rings. The van der Waals surface area contributed by atoms with Crippen molar-refractivity contribution in [1.82, 2.24) is 10.2 Å². The third kappa shape index (κ3) is 6.86. The molecule has 1 N–H and O–H groups in total. The standard InChI is InChI=1S/C21H32N2O3Se/c1-15(2)17(14-27-16-10-7-6-8-11-16)22-19(24)18-12-9-13-23(18)20(25)26-21(3,4)5/h6-8,10-11,15,17-18H,9,12-14H2,1-5H3,(H,22,24)/t17-,18+/m1/s1. The Hall–Kier alpha value is -1.52. The van der Waals surface area contributed by atoms with Crippen molar-refractivity contribution in [3.8, 4) is 0 Å². The summed E-state index contributed by atoms with van der Waals surface area (Å²) in [5, 5.41) is 4.15. The second-order valence-electron chi connectivity index (χ2n) is 8.31. The van der Waals surface area contributed by atoms with Gasteiger partial charge in [-0.25, -0.2) is 0 Å². The molecule has 1 aliphatic heterocycles. The minimum absolute atomic E-state index is 0.0547. The van der Waals surface area contributed by atoms with Gasteiger partial charge in [0.15, 0.2) is 0 Å². The van der Waals surface area contributed by atoms with E-state index in [4.69, 9.17) is 4.74 Å². The van der Waals surface area contributed by atoms with E-state index in [0.29, 0.717) is 33.8 Å². The molecule has 0 radical (unpaired) electrons. The van der Waals surface area contributed by atoms with Crippen LogP contribution in [0.2, 0.25) is 5.32 Å². The number of rotatable bonds is 6. The molecular weight excluding hydrogens is 407 g/mol. The molecule has 1 heterocycles. The van der Waals surface area contributed by atoms with Gasteiger partial charge in [-0.3, -0.25) is 0 Å². The molecule has 0 spiro atoms. The zero-order valence-corrected chi connectivity index (χ0v) is 18.7. The number of ether oxygens (including phenoxy) is 1. The number of benzene rings is 1. The van der Waals surface area contributed by atoms with Crippen LogP contribution < -0.4 is 9.78 Å². The van der Waals surface area contributed by atoms with Crippen LogP contribution in [0.15, 0.2) is 30.3 Å². The Morgan fingerprint density at radius 1 is 1.26 bits per heavy atom. The summed E-state index contributed by atoms with van der Waals surface area (Å²) >= 11 is 0.310. The predicted molar refractivity (Wildman–Crippen MR) is 109 cm³/mol. The van der Waals surface area contributed by atoms with Gasteiger partial charge in [-0.15, -0.1) is 0 Å². The molecule has 0 bridgehead atoms. The fourth-order valence-electron chi connectivity index (χ4n) is 2.96. The van der Waals surface area contributed by atoms with Gasteiger partial charge in [-0.2, -0.15) is 0 Å². The van der Waals surface area contributed by atoms with E-state index in [1.54, 1.807) is 4.90 Å². The number of amides is 2. The molecular formula is C21H32N2O3Se. The molecule has 0 aromatic heterocycles.